The largest absolute Gasteiger partial charge is 0.394 e. The lowest BCUT2D eigenvalue weighted by molar-refractivity contribution is -0.136. The van der Waals surface area contributed by atoms with E-state index < -0.39 is 6.10 Å². The van der Waals surface area contributed by atoms with Gasteiger partial charge in [-0.2, -0.15) is 0 Å². The standard InChI is InChI=1S/C19H33N3O5/c23-13-17-16(21-19(25)14-2-3-14)5-4-15(27-17)12-18(24)20-6-1-7-22-8-10-26-11-9-22/h14-17,23H,1-13H2,(H,20,24)(H,21,25)/t15-,16+,17+/m1/s1. The first-order valence-corrected chi connectivity index (χ1v) is 10.3. The maximum atomic E-state index is 12.2. The molecule has 8 nitrogen and oxygen atoms in total. The van der Waals surface area contributed by atoms with E-state index in [-0.39, 0.29) is 36.5 Å². The van der Waals surface area contributed by atoms with Crippen molar-refractivity contribution in [2.24, 2.45) is 5.92 Å². The van der Waals surface area contributed by atoms with E-state index in [1.54, 1.807) is 0 Å². The van der Waals surface area contributed by atoms with E-state index in [9.17, 15) is 14.7 Å². The molecule has 0 unspecified atom stereocenters. The van der Waals surface area contributed by atoms with Crippen molar-refractivity contribution in [2.45, 2.75) is 56.8 Å². The lowest BCUT2D eigenvalue weighted by Crippen LogP contribution is -2.51. The van der Waals surface area contributed by atoms with Crippen LogP contribution in [-0.4, -0.2) is 86.1 Å². The first-order chi connectivity index (χ1) is 13.2. The average Bonchev–Trinajstić information content (AvgIpc) is 3.52. The molecule has 0 spiro atoms. The zero-order chi connectivity index (χ0) is 19.1. The summed E-state index contributed by atoms with van der Waals surface area (Å²) >= 11 is 0. The number of aliphatic hydroxyl groups is 1. The van der Waals surface area contributed by atoms with E-state index >= 15 is 0 Å². The minimum absolute atomic E-state index is 0.0147. The monoisotopic (exact) mass is 383 g/mol. The van der Waals surface area contributed by atoms with Crippen LogP contribution in [0.1, 0.15) is 38.5 Å². The summed E-state index contributed by atoms with van der Waals surface area (Å²) in [6, 6.07) is -0.157. The molecule has 2 heterocycles. The summed E-state index contributed by atoms with van der Waals surface area (Å²) < 4.78 is 11.2. The number of ether oxygens (including phenoxy) is 2. The Labute approximate surface area is 160 Å². The van der Waals surface area contributed by atoms with Crippen LogP contribution in [0.25, 0.3) is 0 Å². The molecule has 1 saturated carbocycles. The average molecular weight is 383 g/mol. The van der Waals surface area contributed by atoms with Gasteiger partial charge in [-0.05, 0) is 38.6 Å². The fourth-order valence-corrected chi connectivity index (χ4v) is 3.73. The van der Waals surface area contributed by atoms with Gasteiger partial charge in [0.1, 0.15) is 6.10 Å². The van der Waals surface area contributed by atoms with E-state index in [2.05, 4.69) is 15.5 Å². The molecule has 154 valence electrons. The Morgan fingerprint density at radius 3 is 2.59 bits per heavy atom. The van der Waals surface area contributed by atoms with Crippen LogP contribution in [0.15, 0.2) is 0 Å². The Kier molecular flexibility index (Phi) is 7.87. The number of aliphatic hydroxyl groups excluding tert-OH is 1. The van der Waals surface area contributed by atoms with Gasteiger partial charge in [0.2, 0.25) is 11.8 Å². The second-order valence-electron chi connectivity index (χ2n) is 7.81. The minimum Gasteiger partial charge on any atom is -0.394 e. The van der Waals surface area contributed by atoms with E-state index in [0.29, 0.717) is 19.4 Å². The van der Waals surface area contributed by atoms with Crippen LogP contribution in [0.5, 0.6) is 0 Å². The molecular formula is C19H33N3O5. The van der Waals surface area contributed by atoms with E-state index in [0.717, 1.165) is 58.5 Å². The van der Waals surface area contributed by atoms with Crippen LogP contribution in [-0.2, 0) is 19.1 Å². The molecule has 3 N–H and O–H groups in total. The topological polar surface area (TPSA) is 100 Å². The van der Waals surface area contributed by atoms with Gasteiger partial charge < -0.3 is 25.2 Å². The first kappa shape index (κ1) is 20.5. The fraction of sp³-hybridized carbons (Fsp3) is 0.895. The number of carbonyl (C=O) groups is 2. The molecule has 3 atom stereocenters. The summed E-state index contributed by atoms with van der Waals surface area (Å²) in [6.45, 7) is 4.99. The van der Waals surface area contributed by atoms with Gasteiger partial charge in [-0.25, -0.2) is 0 Å². The van der Waals surface area contributed by atoms with Crippen LogP contribution in [0, 0.1) is 5.92 Å². The normalized spacial score (nSPS) is 29.3. The maximum Gasteiger partial charge on any atom is 0.223 e. The molecule has 0 bridgehead atoms. The number of hydrogen-bond acceptors (Lipinski definition) is 6. The number of nitrogens with one attached hydrogen (secondary N) is 2. The Morgan fingerprint density at radius 1 is 1.11 bits per heavy atom. The lowest BCUT2D eigenvalue weighted by Gasteiger charge is -2.36. The first-order valence-electron chi connectivity index (χ1n) is 10.3. The molecule has 2 aliphatic heterocycles. The molecule has 1 aliphatic carbocycles. The third kappa shape index (κ3) is 6.71. The van der Waals surface area contributed by atoms with Gasteiger partial charge in [0, 0.05) is 25.6 Å². The predicted octanol–water partition coefficient (Wildman–Crippen LogP) is -0.350. The number of amides is 2. The van der Waals surface area contributed by atoms with Gasteiger partial charge >= 0.3 is 0 Å². The van der Waals surface area contributed by atoms with Crippen molar-refractivity contribution < 1.29 is 24.2 Å². The molecule has 2 saturated heterocycles. The quantitative estimate of drug-likeness (QED) is 0.471. The summed E-state index contributed by atoms with van der Waals surface area (Å²) in [4.78, 5) is 26.4. The number of morpholine rings is 1. The fourth-order valence-electron chi connectivity index (χ4n) is 3.73. The second kappa shape index (κ2) is 10.4. The van der Waals surface area contributed by atoms with Crippen molar-refractivity contribution in [1.82, 2.24) is 15.5 Å². The number of rotatable bonds is 9. The van der Waals surface area contributed by atoms with Crippen LogP contribution in [0.2, 0.25) is 0 Å². The Bertz CT molecular complexity index is 494. The van der Waals surface area contributed by atoms with Crippen LogP contribution in [0.3, 0.4) is 0 Å². The molecule has 3 aliphatic rings. The smallest absolute Gasteiger partial charge is 0.223 e. The van der Waals surface area contributed by atoms with Gasteiger partial charge in [0.05, 0.1) is 38.4 Å². The highest BCUT2D eigenvalue weighted by molar-refractivity contribution is 5.81. The van der Waals surface area contributed by atoms with Gasteiger partial charge in [-0.15, -0.1) is 0 Å². The summed E-state index contributed by atoms with van der Waals surface area (Å²) in [5, 5.41) is 15.5. The molecule has 0 aromatic heterocycles. The highest BCUT2D eigenvalue weighted by Gasteiger charge is 2.36. The van der Waals surface area contributed by atoms with Crippen molar-refractivity contribution in [2.75, 3.05) is 46.0 Å². The van der Waals surface area contributed by atoms with Gasteiger partial charge in [0.15, 0.2) is 0 Å². The van der Waals surface area contributed by atoms with Gasteiger partial charge in [-0.1, -0.05) is 0 Å². The van der Waals surface area contributed by atoms with Crippen molar-refractivity contribution >= 4 is 11.8 Å². The molecule has 0 aromatic rings. The van der Waals surface area contributed by atoms with Crippen molar-refractivity contribution in [1.29, 1.82) is 0 Å². The number of carbonyl (C=O) groups excluding carboxylic acids is 2. The summed E-state index contributed by atoms with van der Waals surface area (Å²) in [5.74, 6) is 0.197. The molecule has 8 heteroatoms. The van der Waals surface area contributed by atoms with E-state index in [1.807, 2.05) is 0 Å². The highest BCUT2D eigenvalue weighted by Crippen LogP contribution is 2.30. The molecule has 2 amide bonds. The van der Waals surface area contributed by atoms with Crippen molar-refractivity contribution in [3.8, 4) is 0 Å². The van der Waals surface area contributed by atoms with Crippen molar-refractivity contribution in [3.63, 3.8) is 0 Å². The Hall–Kier alpha value is -1.22. The molecule has 0 aromatic carbocycles. The molecule has 27 heavy (non-hydrogen) atoms. The van der Waals surface area contributed by atoms with Crippen LogP contribution < -0.4 is 10.6 Å². The summed E-state index contributed by atoms with van der Waals surface area (Å²) in [7, 11) is 0. The molecule has 3 rings (SSSR count). The molecule has 0 radical (unpaired) electrons. The second-order valence-corrected chi connectivity index (χ2v) is 7.81. The molecule has 3 fully saturated rings. The summed E-state index contributed by atoms with van der Waals surface area (Å²) in [5.41, 5.74) is 0. The SMILES string of the molecule is O=C(C[C@H]1CC[C@H](NC(=O)C2CC2)[C@H](CO)O1)NCCCN1CCOCC1. The predicted molar refractivity (Wildman–Crippen MR) is 99.1 cm³/mol. The van der Waals surface area contributed by atoms with Gasteiger partial charge in [-0.3, -0.25) is 14.5 Å². The summed E-state index contributed by atoms with van der Waals surface area (Å²) in [6.07, 6.45) is 3.96. The third-order valence-corrected chi connectivity index (χ3v) is 5.56. The Balaban J connectivity index is 1.30. The third-order valence-electron chi connectivity index (χ3n) is 5.56. The zero-order valence-electron chi connectivity index (χ0n) is 16.0. The zero-order valence-corrected chi connectivity index (χ0v) is 16.0. The van der Waals surface area contributed by atoms with Gasteiger partial charge in [0.25, 0.3) is 0 Å². The van der Waals surface area contributed by atoms with Crippen LogP contribution in [0.4, 0.5) is 0 Å². The minimum atomic E-state index is -0.430. The number of nitrogens with zero attached hydrogens (tertiary/aromatic N) is 1. The van der Waals surface area contributed by atoms with Crippen LogP contribution >= 0.6 is 0 Å². The van der Waals surface area contributed by atoms with Crippen molar-refractivity contribution in [3.05, 3.63) is 0 Å². The van der Waals surface area contributed by atoms with E-state index in [1.165, 1.54) is 0 Å². The molecular weight excluding hydrogens is 350 g/mol. The highest BCUT2D eigenvalue weighted by atomic mass is 16.5. The number of hydrogen-bond donors (Lipinski definition) is 3. The maximum absolute atomic E-state index is 12.2. The lowest BCUT2D eigenvalue weighted by atomic mass is 9.96. The Morgan fingerprint density at radius 2 is 1.89 bits per heavy atom. The van der Waals surface area contributed by atoms with E-state index in [4.69, 9.17) is 9.47 Å².